The zero-order valence-electron chi connectivity index (χ0n) is 11.1. The molecule has 0 aliphatic heterocycles. The SMILES string of the molecule is CCCCC(CC)C(=O)NC(C)(C)CCBr. The number of halogens is 1. The molecule has 0 spiro atoms. The lowest BCUT2D eigenvalue weighted by atomic mass is 9.95. The summed E-state index contributed by atoms with van der Waals surface area (Å²) < 4.78 is 0. The van der Waals surface area contributed by atoms with Gasteiger partial charge in [-0.3, -0.25) is 4.79 Å². The summed E-state index contributed by atoms with van der Waals surface area (Å²) in [7, 11) is 0. The molecule has 0 aliphatic carbocycles. The van der Waals surface area contributed by atoms with Crippen molar-refractivity contribution >= 4 is 21.8 Å². The zero-order valence-corrected chi connectivity index (χ0v) is 12.7. The Morgan fingerprint density at radius 3 is 2.44 bits per heavy atom. The molecule has 0 saturated heterocycles. The van der Waals surface area contributed by atoms with Gasteiger partial charge in [-0.15, -0.1) is 0 Å². The molecule has 96 valence electrons. The molecular formula is C13H26BrNO. The fraction of sp³-hybridized carbons (Fsp3) is 0.923. The van der Waals surface area contributed by atoms with E-state index in [1.165, 1.54) is 0 Å². The summed E-state index contributed by atoms with van der Waals surface area (Å²) in [6.07, 6.45) is 5.22. The highest BCUT2D eigenvalue weighted by Crippen LogP contribution is 2.16. The summed E-state index contributed by atoms with van der Waals surface area (Å²) in [6.45, 7) is 8.42. The summed E-state index contributed by atoms with van der Waals surface area (Å²) in [5, 5.41) is 4.07. The molecule has 0 aromatic carbocycles. The van der Waals surface area contributed by atoms with E-state index in [-0.39, 0.29) is 17.4 Å². The first-order valence-corrected chi connectivity index (χ1v) is 7.47. The number of alkyl halides is 1. The van der Waals surface area contributed by atoms with Crippen LogP contribution in [0.4, 0.5) is 0 Å². The maximum atomic E-state index is 12.0. The first-order chi connectivity index (χ1) is 7.46. The van der Waals surface area contributed by atoms with Gasteiger partial charge in [0.1, 0.15) is 0 Å². The highest BCUT2D eigenvalue weighted by molar-refractivity contribution is 9.09. The van der Waals surface area contributed by atoms with E-state index in [1.54, 1.807) is 0 Å². The number of hydrogen-bond acceptors (Lipinski definition) is 1. The van der Waals surface area contributed by atoms with Gasteiger partial charge in [0, 0.05) is 16.8 Å². The van der Waals surface area contributed by atoms with Crippen LogP contribution in [0.2, 0.25) is 0 Å². The number of carbonyl (C=O) groups is 1. The second-order valence-corrected chi connectivity index (χ2v) is 5.85. The number of nitrogens with one attached hydrogen (secondary N) is 1. The molecule has 0 aromatic rings. The summed E-state index contributed by atoms with van der Waals surface area (Å²) in [5.74, 6) is 0.413. The molecule has 0 radical (unpaired) electrons. The van der Waals surface area contributed by atoms with Gasteiger partial charge >= 0.3 is 0 Å². The quantitative estimate of drug-likeness (QED) is 0.676. The Balaban J connectivity index is 4.19. The minimum absolute atomic E-state index is 0.0970. The summed E-state index contributed by atoms with van der Waals surface area (Å²) in [5.41, 5.74) is -0.0970. The molecule has 0 heterocycles. The van der Waals surface area contributed by atoms with Gasteiger partial charge in [-0.1, -0.05) is 42.6 Å². The van der Waals surface area contributed by atoms with E-state index in [9.17, 15) is 4.79 Å². The topological polar surface area (TPSA) is 29.1 Å². The van der Waals surface area contributed by atoms with E-state index in [0.717, 1.165) is 37.4 Å². The summed E-state index contributed by atoms with van der Waals surface area (Å²) in [6, 6.07) is 0. The van der Waals surface area contributed by atoms with E-state index >= 15 is 0 Å². The lowest BCUT2D eigenvalue weighted by Gasteiger charge is -2.28. The van der Waals surface area contributed by atoms with Crippen LogP contribution in [0.1, 0.15) is 59.8 Å². The molecule has 0 rings (SSSR count). The molecule has 0 fully saturated rings. The third-order valence-corrected chi connectivity index (χ3v) is 3.35. The second-order valence-electron chi connectivity index (χ2n) is 5.06. The van der Waals surface area contributed by atoms with E-state index in [2.05, 4.69) is 48.9 Å². The number of unbranched alkanes of at least 4 members (excludes halogenated alkanes) is 1. The van der Waals surface area contributed by atoms with Gasteiger partial charge in [-0.05, 0) is 33.1 Å². The van der Waals surface area contributed by atoms with Gasteiger partial charge in [0.15, 0.2) is 0 Å². The largest absolute Gasteiger partial charge is 0.351 e. The van der Waals surface area contributed by atoms with Crippen molar-refractivity contribution in [3.8, 4) is 0 Å². The van der Waals surface area contributed by atoms with Crippen molar-refractivity contribution in [2.75, 3.05) is 5.33 Å². The minimum Gasteiger partial charge on any atom is -0.351 e. The van der Waals surface area contributed by atoms with E-state index in [4.69, 9.17) is 0 Å². The molecule has 16 heavy (non-hydrogen) atoms. The molecule has 2 nitrogen and oxygen atoms in total. The van der Waals surface area contributed by atoms with Gasteiger partial charge in [0.25, 0.3) is 0 Å². The highest BCUT2D eigenvalue weighted by Gasteiger charge is 2.23. The maximum Gasteiger partial charge on any atom is 0.223 e. The predicted octanol–water partition coefficient (Wildman–Crippen LogP) is 3.88. The molecule has 3 heteroatoms. The first kappa shape index (κ1) is 16.0. The molecule has 1 N–H and O–H groups in total. The van der Waals surface area contributed by atoms with Gasteiger partial charge in [0.2, 0.25) is 5.91 Å². The molecule has 0 saturated carbocycles. The van der Waals surface area contributed by atoms with Crippen LogP contribution in [0.15, 0.2) is 0 Å². The van der Waals surface area contributed by atoms with Crippen LogP contribution in [0.25, 0.3) is 0 Å². The maximum absolute atomic E-state index is 12.0. The van der Waals surface area contributed by atoms with Crippen LogP contribution in [0, 0.1) is 5.92 Å². The Morgan fingerprint density at radius 1 is 1.38 bits per heavy atom. The van der Waals surface area contributed by atoms with Crippen LogP contribution in [0.3, 0.4) is 0 Å². The van der Waals surface area contributed by atoms with Crippen molar-refractivity contribution < 1.29 is 4.79 Å². The lowest BCUT2D eigenvalue weighted by molar-refractivity contribution is -0.127. The molecule has 1 amide bonds. The fourth-order valence-corrected chi connectivity index (χ4v) is 2.70. The van der Waals surface area contributed by atoms with E-state index in [1.807, 2.05) is 0 Å². The fourth-order valence-electron chi connectivity index (χ4n) is 1.71. The lowest BCUT2D eigenvalue weighted by Crippen LogP contribution is -2.46. The molecule has 0 bridgehead atoms. The summed E-state index contributed by atoms with van der Waals surface area (Å²) in [4.78, 5) is 12.0. The Kier molecular flexibility index (Phi) is 8.08. The normalized spacial score (nSPS) is 13.6. The smallest absolute Gasteiger partial charge is 0.223 e. The molecule has 0 aromatic heterocycles. The monoisotopic (exact) mass is 291 g/mol. The molecule has 1 unspecified atom stereocenters. The molecule has 1 atom stereocenters. The Labute approximate surface area is 109 Å². The Hall–Kier alpha value is -0.0500. The zero-order chi connectivity index (χ0) is 12.6. The Bertz CT molecular complexity index is 204. The average Bonchev–Trinajstić information content (AvgIpc) is 2.17. The molecular weight excluding hydrogens is 266 g/mol. The van der Waals surface area contributed by atoms with Crippen molar-refractivity contribution in [3.63, 3.8) is 0 Å². The highest BCUT2D eigenvalue weighted by atomic mass is 79.9. The van der Waals surface area contributed by atoms with Crippen molar-refractivity contribution in [1.82, 2.24) is 5.32 Å². The number of amides is 1. The molecule has 0 aliphatic rings. The van der Waals surface area contributed by atoms with E-state index < -0.39 is 0 Å². The van der Waals surface area contributed by atoms with Crippen molar-refractivity contribution in [3.05, 3.63) is 0 Å². The Morgan fingerprint density at radius 2 is 2.00 bits per heavy atom. The second kappa shape index (κ2) is 8.10. The van der Waals surface area contributed by atoms with Crippen molar-refractivity contribution in [2.24, 2.45) is 5.92 Å². The number of rotatable bonds is 8. The standard InChI is InChI=1S/C13H26BrNO/c1-5-7-8-11(6-2)12(16)15-13(3,4)9-10-14/h11H,5-10H2,1-4H3,(H,15,16). The van der Waals surface area contributed by atoms with Gasteiger partial charge in [-0.2, -0.15) is 0 Å². The number of carbonyl (C=O) groups excluding carboxylic acids is 1. The minimum atomic E-state index is -0.0970. The number of hydrogen-bond donors (Lipinski definition) is 1. The van der Waals surface area contributed by atoms with Crippen LogP contribution >= 0.6 is 15.9 Å². The van der Waals surface area contributed by atoms with Gasteiger partial charge in [0.05, 0.1) is 0 Å². The van der Waals surface area contributed by atoms with E-state index in [0.29, 0.717) is 0 Å². The summed E-state index contributed by atoms with van der Waals surface area (Å²) >= 11 is 3.42. The first-order valence-electron chi connectivity index (χ1n) is 6.34. The average molecular weight is 292 g/mol. The van der Waals surface area contributed by atoms with Crippen LogP contribution < -0.4 is 5.32 Å². The van der Waals surface area contributed by atoms with Crippen molar-refractivity contribution in [1.29, 1.82) is 0 Å². The van der Waals surface area contributed by atoms with Gasteiger partial charge in [-0.25, -0.2) is 0 Å². The predicted molar refractivity (Wildman–Crippen MR) is 73.9 cm³/mol. The third-order valence-electron chi connectivity index (χ3n) is 2.95. The van der Waals surface area contributed by atoms with Crippen LogP contribution in [-0.4, -0.2) is 16.8 Å². The van der Waals surface area contributed by atoms with Gasteiger partial charge < -0.3 is 5.32 Å². The van der Waals surface area contributed by atoms with Crippen LogP contribution in [-0.2, 0) is 4.79 Å². The van der Waals surface area contributed by atoms with Crippen molar-refractivity contribution in [2.45, 2.75) is 65.3 Å². The third kappa shape index (κ3) is 6.51. The van der Waals surface area contributed by atoms with Crippen LogP contribution in [0.5, 0.6) is 0 Å².